The second kappa shape index (κ2) is 5.37. The van der Waals surface area contributed by atoms with Gasteiger partial charge in [0.25, 0.3) is 0 Å². The molecule has 2 unspecified atom stereocenters. The molecule has 0 heterocycles. The lowest BCUT2D eigenvalue weighted by molar-refractivity contribution is -0.138. The predicted octanol–water partition coefficient (Wildman–Crippen LogP) is 3.45. The molecule has 3 nitrogen and oxygen atoms in total. The van der Waals surface area contributed by atoms with Crippen molar-refractivity contribution >= 4 is 5.97 Å². The molecular formula is C17H16O3. The van der Waals surface area contributed by atoms with Gasteiger partial charge in [-0.1, -0.05) is 42.5 Å². The molecule has 0 aromatic heterocycles. The van der Waals surface area contributed by atoms with Crippen LogP contribution >= 0.6 is 0 Å². The zero-order valence-electron chi connectivity index (χ0n) is 11.0. The van der Waals surface area contributed by atoms with Crippen molar-refractivity contribution in [3.63, 3.8) is 0 Å². The normalized spacial score (nSPS) is 20.4. The van der Waals surface area contributed by atoms with E-state index < -0.39 is 5.97 Å². The molecule has 2 aromatic rings. The number of carboxylic acids is 1. The zero-order chi connectivity index (χ0) is 13.9. The minimum atomic E-state index is -0.695. The second-order valence-electron chi connectivity index (χ2n) is 5.13. The van der Waals surface area contributed by atoms with E-state index in [9.17, 15) is 4.79 Å². The number of rotatable bonds is 5. The van der Waals surface area contributed by atoms with Crippen LogP contribution in [-0.2, 0) is 11.4 Å². The van der Waals surface area contributed by atoms with E-state index in [0.29, 0.717) is 6.61 Å². The molecule has 0 spiro atoms. The van der Waals surface area contributed by atoms with E-state index in [1.807, 2.05) is 54.6 Å². The molecule has 1 N–H and O–H groups in total. The van der Waals surface area contributed by atoms with Crippen LogP contribution in [0.2, 0.25) is 0 Å². The van der Waals surface area contributed by atoms with Gasteiger partial charge in [0.05, 0.1) is 5.92 Å². The van der Waals surface area contributed by atoms with Crippen molar-refractivity contribution in [1.29, 1.82) is 0 Å². The average molecular weight is 268 g/mol. The summed E-state index contributed by atoms with van der Waals surface area (Å²) in [5, 5.41) is 8.93. The Morgan fingerprint density at radius 3 is 2.40 bits per heavy atom. The maximum absolute atomic E-state index is 10.8. The fourth-order valence-electron chi connectivity index (χ4n) is 2.39. The van der Waals surface area contributed by atoms with Gasteiger partial charge in [-0.15, -0.1) is 0 Å². The minimum Gasteiger partial charge on any atom is -0.489 e. The molecule has 0 radical (unpaired) electrons. The lowest BCUT2D eigenvalue weighted by atomic mass is 10.1. The van der Waals surface area contributed by atoms with Gasteiger partial charge >= 0.3 is 5.97 Å². The highest BCUT2D eigenvalue weighted by atomic mass is 16.5. The molecule has 0 aliphatic heterocycles. The minimum absolute atomic E-state index is 0.177. The molecule has 0 saturated heterocycles. The molecule has 20 heavy (non-hydrogen) atoms. The van der Waals surface area contributed by atoms with Crippen LogP contribution in [0.5, 0.6) is 5.75 Å². The fourth-order valence-corrected chi connectivity index (χ4v) is 2.39. The van der Waals surface area contributed by atoms with E-state index in [1.165, 1.54) is 0 Å². The van der Waals surface area contributed by atoms with Crippen LogP contribution in [0.1, 0.15) is 23.5 Å². The van der Waals surface area contributed by atoms with Crippen LogP contribution in [0.15, 0.2) is 54.6 Å². The zero-order valence-corrected chi connectivity index (χ0v) is 11.0. The predicted molar refractivity (Wildman–Crippen MR) is 75.7 cm³/mol. The third-order valence-corrected chi connectivity index (χ3v) is 3.66. The van der Waals surface area contributed by atoms with Crippen molar-refractivity contribution in [2.75, 3.05) is 0 Å². The Morgan fingerprint density at radius 2 is 1.80 bits per heavy atom. The summed E-state index contributed by atoms with van der Waals surface area (Å²) in [6.07, 6.45) is 0.750. The van der Waals surface area contributed by atoms with Crippen molar-refractivity contribution in [1.82, 2.24) is 0 Å². The van der Waals surface area contributed by atoms with E-state index in [0.717, 1.165) is 23.3 Å². The number of carboxylic acid groups (broad SMARTS) is 1. The van der Waals surface area contributed by atoms with E-state index in [1.54, 1.807) is 0 Å². The summed E-state index contributed by atoms with van der Waals surface area (Å²) >= 11 is 0. The van der Waals surface area contributed by atoms with Crippen LogP contribution in [0, 0.1) is 5.92 Å². The summed E-state index contributed by atoms with van der Waals surface area (Å²) < 4.78 is 5.71. The first-order chi connectivity index (χ1) is 9.74. The summed E-state index contributed by atoms with van der Waals surface area (Å²) in [5.74, 6) is 0.0892. The van der Waals surface area contributed by atoms with Gasteiger partial charge in [0.2, 0.25) is 0 Å². The molecule has 0 amide bonds. The Labute approximate surface area is 117 Å². The highest BCUT2D eigenvalue weighted by molar-refractivity contribution is 5.75. The molecule has 3 heteroatoms. The summed E-state index contributed by atoms with van der Waals surface area (Å²) in [6, 6.07) is 17.8. The van der Waals surface area contributed by atoms with Gasteiger partial charge < -0.3 is 9.84 Å². The molecule has 3 rings (SSSR count). The molecular weight excluding hydrogens is 252 g/mol. The summed E-state index contributed by atoms with van der Waals surface area (Å²) in [5.41, 5.74) is 2.22. The Kier molecular flexibility index (Phi) is 3.42. The highest BCUT2D eigenvalue weighted by Gasteiger charge is 2.43. The van der Waals surface area contributed by atoms with Crippen molar-refractivity contribution < 1.29 is 14.6 Å². The Bertz CT molecular complexity index is 589. The fraction of sp³-hybridized carbons (Fsp3) is 0.235. The SMILES string of the molecule is O=C(O)C1CC1c1ccc(OCc2ccccc2)cc1. The van der Waals surface area contributed by atoms with E-state index in [-0.39, 0.29) is 11.8 Å². The third kappa shape index (κ3) is 2.82. The first-order valence-electron chi connectivity index (χ1n) is 6.73. The number of hydrogen-bond donors (Lipinski definition) is 1. The summed E-state index contributed by atoms with van der Waals surface area (Å²) in [4.78, 5) is 10.8. The lowest BCUT2D eigenvalue weighted by Gasteiger charge is -2.07. The number of ether oxygens (including phenoxy) is 1. The molecule has 1 saturated carbocycles. The van der Waals surface area contributed by atoms with Crippen LogP contribution in [-0.4, -0.2) is 11.1 Å². The Morgan fingerprint density at radius 1 is 1.10 bits per heavy atom. The molecule has 1 aliphatic rings. The van der Waals surface area contributed by atoms with Gasteiger partial charge in [-0.2, -0.15) is 0 Å². The molecule has 1 fully saturated rings. The summed E-state index contributed by atoms with van der Waals surface area (Å²) in [6.45, 7) is 0.543. The first-order valence-corrected chi connectivity index (χ1v) is 6.73. The maximum Gasteiger partial charge on any atom is 0.307 e. The van der Waals surface area contributed by atoms with Crippen LogP contribution in [0.4, 0.5) is 0 Å². The molecule has 0 bridgehead atoms. The van der Waals surface area contributed by atoms with Crippen molar-refractivity contribution in [3.8, 4) is 5.75 Å². The van der Waals surface area contributed by atoms with Gasteiger partial charge in [0, 0.05) is 0 Å². The van der Waals surface area contributed by atoms with Crippen LogP contribution < -0.4 is 4.74 Å². The Hall–Kier alpha value is -2.29. The Balaban J connectivity index is 1.58. The van der Waals surface area contributed by atoms with E-state index >= 15 is 0 Å². The maximum atomic E-state index is 10.8. The van der Waals surface area contributed by atoms with Crippen molar-refractivity contribution in [2.24, 2.45) is 5.92 Å². The monoisotopic (exact) mass is 268 g/mol. The highest BCUT2D eigenvalue weighted by Crippen LogP contribution is 2.47. The summed E-state index contributed by atoms with van der Waals surface area (Å²) in [7, 11) is 0. The van der Waals surface area contributed by atoms with E-state index in [2.05, 4.69) is 0 Å². The lowest BCUT2D eigenvalue weighted by Crippen LogP contribution is -1.99. The number of hydrogen-bond acceptors (Lipinski definition) is 2. The van der Waals surface area contributed by atoms with Crippen LogP contribution in [0.3, 0.4) is 0 Å². The number of aliphatic carboxylic acids is 1. The quantitative estimate of drug-likeness (QED) is 0.903. The van der Waals surface area contributed by atoms with E-state index in [4.69, 9.17) is 9.84 Å². The third-order valence-electron chi connectivity index (χ3n) is 3.66. The molecule has 1 aliphatic carbocycles. The van der Waals surface area contributed by atoms with Gasteiger partial charge in [-0.3, -0.25) is 4.79 Å². The topological polar surface area (TPSA) is 46.5 Å². The smallest absolute Gasteiger partial charge is 0.307 e. The first kappa shape index (κ1) is 12.7. The van der Waals surface area contributed by atoms with Gasteiger partial charge in [-0.25, -0.2) is 0 Å². The standard InChI is InChI=1S/C17H16O3/c18-17(19)16-10-15(16)13-6-8-14(9-7-13)20-11-12-4-2-1-3-5-12/h1-9,15-16H,10-11H2,(H,18,19). The molecule has 2 atom stereocenters. The largest absolute Gasteiger partial charge is 0.489 e. The van der Waals surface area contributed by atoms with Crippen molar-refractivity contribution in [3.05, 3.63) is 65.7 Å². The molecule has 2 aromatic carbocycles. The average Bonchev–Trinajstić information content (AvgIpc) is 3.27. The van der Waals surface area contributed by atoms with Crippen LogP contribution in [0.25, 0.3) is 0 Å². The second-order valence-corrected chi connectivity index (χ2v) is 5.13. The number of benzene rings is 2. The number of carbonyl (C=O) groups is 1. The van der Waals surface area contributed by atoms with Crippen molar-refractivity contribution in [2.45, 2.75) is 18.9 Å². The van der Waals surface area contributed by atoms with Gasteiger partial charge in [0.15, 0.2) is 0 Å². The molecule has 102 valence electrons. The van der Waals surface area contributed by atoms with Gasteiger partial charge in [-0.05, 0) is 35.6 Å². The van der Waals surface area contributed by atoms with Gasteiger partial charge in [0.1, 0.15) is 12.4 Å².